The van der Waals surface area contributed by atoms with Crippen molar-refractivity contribution in [2.24, 2.45) is 5.92 Å². The Labute approximate surface area is 95.8 Å². The first-order valence-electron chi connectivity index (χ1n) is 4.87. The number of amides is 1. The van der Waals surface area contributed by atoms with Crippen molar-refractivity contribution in [2.45, 2.75) is 26.3 Å². The maximum absolute atomic E-state index is 11.6. The summed E-state index contributed by atoms with van der Waals surface area (Å²) in [6.07, 6.45) is 0.335. The minimum absolute atomic E-state index is 0.296. The Hall–Kier alpha value is -1.50. The number of nitrogens with zero attached hydrogens (tertiary/aromatic N) is 2. The van der Waals surface area contributed by atoms with E-state index in [-0.39, 0.29) is 5.91 Å². The third-order valence-electron chi connectivity index (χ3n) is 2.62. The number of hydrogen-bond acceptors (Lipinski definition) is 5. The van der Waals surface area contributed by atoms with E-state index in [1.165, 1.54) is 11.3 Å². The van der Waals surface area contributed by atoms with Gasteiger partial charge < -0.3 is 5.32 Å². The molecule has 0 aliphatic heterocycles. The number of nitrogens with one attached hydrogen (secondary N) is 1. The van der Waals surface area contributed by atoms with Gasteiger partial charge in [-0.3, -0.25) is 14.9 Å². The Bertz CT molecular complexity index is 437. The van der Waals surface area contributed by atoms with Gasteiger partial charge in [-0.1, -0.05) is 0 Å². The van der Waals surface area contributed by atoms with Crippen molar-refractivity contribution in [3.8, 4) is 0 Å². The Morgan fingerprint density at radius 2 is 2.31 bits per heavy atom. The fourth-order valence-electron chi connectivity index (χ4n) is 1.42. The van der Waals surface area contributed by atoms with Crippen LogP contribution in [-0.2, 0) is 4.79 Å². The maximum Gasteiger partial charge on any atom is 0.236 e. The first-order valence-corrected chi connectivity index (χ1v) is 5.69. The van der Waals surface area contributed by atoms with E-state index < -0.39 is 16.9 Å². The number of aromatic nitrogens is 1. The lowest BCUT2D eigenvalue weighted by molar-refractivity contribution is -0.497. The number of thiazole rings is 1. The summed E-state index contributed by atoms with van der Waals surface area (Å²) in [5.74, 6) is -0.782. The molecule has 0 aromatic carbocycles. The lowest BCUT2D eigenvalue weighted by atomic mass is 10.4. The van der Waals surface area contributed by atoms with Crippen LogP contribution in [0.15, 0.2) is 0 Å². The van der Waals surface area contributed by atoms with E-state index in [9.17, 15) is 14.9 Å². The van der Waals surface area contributed by atoms with Crippen LogP contribution in [0.5, 0.6) is 0 Å². The molecule has 16 heavy (non-hydrogen) atoms. The van der Waals surface area contributed by atoms with Crippen LogP contribution in [-0.4, -0.2) is 21.9 Å². The number of carbonyl (C=O) groups excluding carboxylic acids is 1. The molecule has 1 fully saturated rings. The summed E-state index contributed by atoms with van der Waals surface area (Å²) in [6.45, 7) is 3.78. The number of nitro groups is 1. The molecule has 2 rings (SSSR count). The average Bonchev–Trinajstić information content (AvgIpc) is 2.91. The van der Waals surface area contributed by atoms with Crippen molar-refractivity contribution in [2.75, 3.05) is 5.32 Å². The molecule has 86 valence electrons. The molecule has 1 aliphatic carbocycles. The van der Waals surface area contributed by atoms with E-state index in [0.29, 0.717) is 11.6 Å². The summed E-state index contributed by atoms with van der Waals surface area (Å²) in [6, 6.07) is -0.706. The third-order valence-corrected chi connectivity index (χ3v) is 3.61. The summed E-state index contributed by atoms with van der Waals surface area (Å²) >= 11 is 1.38. The minimum atomic E-state index is -0.706. The molecule has 0 spiro atoms. The van der Waals surface area contributed by atoms with Gasteiger partial charge in [0.25, 0.3) is 0 Å². The third kappa shape index (κ3) is 2.04. The molecular weight excluding hydrogens is 230 g/mol. The van der Waals surface area contributed by atoms with Gasteiger partial charge in [-0.15, -0.1) is 11.3 Å². The van der Waals surface area contributed by atoms with Crippen LogP contribution in [0.4, 0.5) is 5.13 Å². The van der Waals surface area contributed by atoms with Gasteiger partial charge in [-0.2, -0.15) is 0 Å². The molecule has 1 aromatic heterocycles. The fraction of sp³-hybridized carbons (Fsp3) is 0.556. The second-order valence-electron chi connectivity index (χ2n) is 3.84. The maximum atomic E-state index is 11.6. The smallest absolute Gasteiger partial charge is 0.236 e. The van der Waals surface area contributed by atoms with Crippen LogP contribution in [0.1, 0.15) is 17.0 Å². The Morgan fingerprint density at radius 1 is 1.62 bits per heavy atom. The van der Waals surface area contributed by atoms with E-state index in [0.717, 1.165) is 10.6 Å². The Morgan fingerprint density at radius 3 is 2.75 bits per heavy atom. The van der Waals surface area contributed by atoms with E-state index in [4.69, 9.17) is 0 Å². The minimum Gasteiger partial charge on any atom is -0.301 e. The highest BCUT2D eigenvalue weighted by Gasteiger charge is 2.53. The molecule has 0 radical (unpaired) electrons. The Balaban J connectivity index is 1.96. The highest BCUT2D eigenvalue weighted by atomic mass is 32.1. The summed E-state index contributed by atoms with van der Waals surface area (Å²) < 4.78 is 0. The van der Waals surface area contributed by atoms with Crippen molar-refractivity contribution in [1.29, 1.82) is 0 Å². The Kier molecular flexibility index (Phi) is 2.63. The topological polar surface area (TPSA) is 85.1 Å². The molecular formula is C9H11N3O3S. The largest absolute Gasteiger partial charge is 0.301 e. The average molecular weight is 241 g/mol. The molecule has 0 saturated heterocycles. The summed E-state index contributed by atoms with van der Waals surface area (Å²) in [5, 5.41) is 13.5. The zero-order valence-electron chi connectivity index (χ0n) is 8.89. The SMILES string of the molecule is Cc1nc(NC(=O)C2CC2[N+](=O)[O-])sc1C. The van der Waals surface area contributed by atoms with Gasteiger partial charge in [0.2, 0.25) is 11.9 Å². The van der Waals surface area contributed by atoms with Gasteiger partial charge >= 0.3 is 0 Å². The van der Waals surface area contributed by atoms with E-state index in [1.807, 2.05) is 13.8 Å². The van der Waals surface area contributed by atoms with Crippen LogP contribution < -0.4 is 5.32 Å². The highest BCUT2D eigenvalue weighted by molar-refractivity contribution is 7.15. The molecule has 1 amide bonds. The summed E-state index contributed by atoms with van der Waals surface area (Å²) in [4.78, 5) is 26.7. The van der Waals surface area contributed by atoms with Crippen LogP contribution in [0.2, 0.25) is 0 Å². The predicted molar refractivity (Wildman–Crippen MR) is 59.1 cm³/mol. The molecule has 1 aliphatic rings. The normalized spacial score (nSPS) is 22.9. The predicted octanol–water partition coefficient (Wildman–Crippen LogP) is 1.36. The summed E-state index contributed by atoms with van der Waals surface area (Å²) in [7, 11) is 0. The lowest BCUT2D eigenvalue weighted by Gasteiger charge is -1.97. The summed E-state index contributed by atoms with van der Waals surface area (Å²) in [5.41, 5.74) is 0.877. The van der Waals surface area contributed by atoms with Crippen molar-refractivity contribution >= 4 is 22.4 Å². The molecule has 1 saturated carbocycles. The van der Waals surface area contributed by atoms with Crippen LogP contribution in [0, 0.1) is 29.9 Å². The second-order valence-corrected chi connectivity index (χ2v) is 5.05. The van der Waals surface area contributed by atoms with Crippen molar-refractivity contribution in [1.82, 2.24) is 4.98 Å². The van der Waals surface area contributed by atoms with E-state index in [2.05, 4.69) is 10.3 Å². The zero-order chi connectivity index (χ0) is 11.9. The van der Waals surface area contributed by atoms with Gasteiger partial charge in [0.1, 0.15) is 5.92 Å². The van der Waals surface area contributed by atoms with Crippen molar-refractivity contribution in [3.63, 3.8) is 0 Å². The standard InChI is InChI=1S/C9H11N3O3S/c1-4-5(2)16-9(10-4)11-8(13)6-3-7(6)12(14)15/h6-7H,3H2,1-2H3,(H,10,11,13). The van der Waals surface area contributed by atoms with Crippen LogP contribution in [0.25, 0.3) is 0 Å². The number of aryl methyl sites for hydroxylation is 2. The molecule has 7 heteroatoms. The first-order chi connectivity index (χ1) is 7.49. The molecule has 1 heterocycles. The van der Waals surface area contributed by atoms with E-state index >= 15 is 0 Å². The quantitative estimate of drug-likeness (QED) is 0.639. The zero-order valence-corrected chi connectivity index (χ0v) is 9.71. The van der Waals surface area contributed by atoms with Gasteiger partial charge in [0.05, 0.1) is 5.69 Å². The molecule has 1 aromatic rings. The molecule has 1 N–H and O–H groups in total. The number of rotatable bonds is 3. The highest BCUT2D eigenvalue weighted by Crippen LogP contribution is 2.34. The molecule has 6 nitrogen and oxygen atoms in total. The molecule has 2 atom stereocenters. The number of carbonyl (C=O) groups is 1. The second kappa shape index (κ2) is 3.82. The fourth-order valence-corrected chi connectivity index (χ4v) is 2.24. The number of hydrogen-bond donors (Lipinski definition) is 1. The van der Waals surface area contributed by atoms with E-state index in [1.54, 1.807) is 0 Å². The van der Waals surface area contributed by atoms with Gasteiger partial charge in [-0.25, -0.2) is 4.98 Å². The van der Waals surface area contributed by atoms with Gasteiger partial charge in [0.15, 0.2) is 5.13 Å². The molecule has 2 unspecified atom stereocenters. The van der Waals surface area contributed by atoms with Crippen LogP contribution >= 0.6 is 11.3 Å². The lowest BCUT2D eigenvalue weighted by Crippen LogP contribution is -2.18. The number of anilines is 1. The van der Waals surface area contributed by atoms with Crippen molar-refractivity contribution in [3.05, 3.63) is 20.7 Å². The van der Waals surface area contributed by atoms with Crippen molar-refractivity contribution < 1.29 is 9.72 Å². The van der Waals surface area contributed by atoms with Gasteiger partial charge in [-0.05, 0) is 13.8 Å². The van der Waals surface area contributed by atoms with Gasteiger partial charge in [0, 0.05) is 16.2 Å². The van der Waals surface area contributed by atoms with Crippen LogP contribution in [0.3, 0.4) is 0 Å². The monoisotopic (exact) mass is 241 g/mol. The molecule has 0 bridgehead atoms. The first kappa shape index (κ1) is 11.0.